The molecule has 26 heavy (non-hydrogen) atoms. The van der Waals surface area contributed by atoms with E-state index in [1.165, 1.54) is 0 Å². The van der Waals surface area contributed by atoms with Crippen LogP contribution in [-0.2, 0) is 16.0 Å². The van der Waals surface area contributed by atoms with E-state index in [1.807, 2.05) is 41.2 Å². The third-order valence-electron chi connectivity index (χ3n) is 4.30. The van der Waals surface area contributed by atoms with Crippen molar-refractivity contribution in [2.75, 3.05) is 13.2 Å². The Balaban J connectivity index is 1.38. The minimum Gasteiger partial charge on any atom is -0.486 e. The summed E-state index contributed by atoms with van der Waals surface area (Å²) < 4.78 is 13.5. The van der Waals surface area contributed by atoms with Crippen LogP contribution in [0.2, 0.25) is 0 Å². The number of aromatic nitrogens is 3. The second-order valence-corrected chi connectivity index (χ2v) is 7.20. The number of ether oxygens (including phenoxy) is 2. The smallest absolute Gasteiger partial charge is 0.226 e. The summed E-state index contributed by atoms with van der Waals surface area (Å²) in [5.74, 6) is 0.623. The molecule has 4 heterocycles. The van der Waals surface area contributed by atoms with E-state index in [4.69, 9.17) is 9.47 Å². The van der Waals surface area contributed by atoms with Gasteiger partial charge in [0.25, 0.3) is 0 Å². The lowest BCUT2D eigenvalue weighted by molar-refractivity contribution is -0.123. The average Bonchev–Trinajstić information content (AvgIpc) is 3.20. The van der Waals surface area contributed by atoms with Gasteiger partial charge in [0.15, 0.2) is 4.96 Å². The summed E-state index contributed by atoms with van der Waals surface area (Å²) in [5, 5.41) is 5.00. The zero-order valence-corrected chi connectivity index (χ0v) is 15.2. The number of aryl methyl sites for hydroxylation is 1. The average molecular weight is 372 g/mol. The third kappa shape index (κ3) is 3.86. The van der Waals surface area contributed by atoms with Gasteiger partial charge in [0.1, 0.15) is 11.9 Å². The summed E-state index contributed by atoms with van der Waals surface area (Å²) in [4.78, 5) is 22.0. The molecule has 7 nitrogen and oxygen atoms in total. The molecule has 0 saturated carbocycles. The molecule has 8 heteroatoms. The fraction of sp³-hybridized carbons (Fsp3) is 0.389. The largest absolute Gasteiger partial charge is 0.486 e. The minimum atomic E-state index is -0.193. The quantitative estimate of drug-likeness (QED) is 0.741. The second-order valence-electron chi connectivity index (χ2n) is 6.33. The van der Waals surface area contributed by atoms with E-state index >= 15 is 0 Å². The molecule has 3 aromatic heterocycles. The molecule has 0 aromatic carbocycles. The maximum atomic E-state index is 12.4. The van der Waals surface area contributed by atoms with Crippen LogP contribution < -0.4 is 10.1 Å². The van der Waals surface area contributed by atoms with Crippen LogP contribution in [0.25, 0.3) is 4.96 Å². The molecular weight excluding hydrogens is 352 g/mol. The maximum Gasteiger partial charge on any atom is 0.226 e. The number of imidazole rings is 1. The molecule has 0 unspecified atom stereocenters. The first kappa shape index (κ1) is 17.0. The molecule has 1 aliphatic heterocycles. The van der Waals surface area contributed by atoms with Crippen LogP contribution >= 0.6 is 11.3 Å². The van der Waals surface area contributed by atoms with Crippen molar-refractivity contribution in [3.05, 3.63) is 47.5 Å². The molecular formula is C18H20N4O3S. The molecule has 1 fully saturated rings. The van der Waals surface area contributed by atoms with Gasteiger partial charge in [-0.25, -0.2) is 4.98 Å². The first-order valence-corrected chi connectivity index (χ1v) is 9.43. The number of hydrogen-bond acceptors (Lipinski definition) is 6. The fourth-order valence-electron chi connectivity index (χ4n) is 2.98. The molecule has 1 saturated heterocycles. The molecule has 0 spiro atoms. The molecule has 1 aliphatic rings. The Kier molecular flexibility index (Phi) is 4.85. The molecule has 136 valence electrons. The Morgan fingerprint density at radius 3 is 3.23 bits per heavy atom. The van der Waals surface area contributed by atoms with Gasteiger partial charge in [-0.05, 0) is 19.1 Å². The lowest BCUT2D eigenvalue weighted by Crippen LogP contribution is -2.52. The van der Waals surface area contributed by atoms with Gasteiger partial charge in [-0.15, -0.1) is 11.3 Å². The normalized spacial score (nSPS) is 20.2. The predicted octanol–water partition coefficient (Wildman–Crippen LogP) is 1.99. The van der Waals surface area contributed by atoms with Crippen LogP contribution in [0.3, 0.4) is 0 Å². The number of rotatable bonds is 5. The van der Waals surface area contributed by atoms with Crippen molar-refractivity contribution in [3.63, 3.8) is 0 Å². The summed E-state index contributed by atoms with van der Waals surface area (Å²) in [5.41, 5.74) is 1.69. The highest BCUT2D eigenvalue weighted by molar-refractivity contribution is 7.15. The zero-order valence-electron chi connectivity index (χ0n) is 14.4. The van der Waals surface area contributed by atoms with Crippen molar-refractivity contribution in [3.8, 4) is 5.75 Å². The van der Waals surface area contributed by atoms with Gasteiger partial charge in [-0.1, -0.05) is 0 Å². The first-order chi connectivity index (χ1) is 12.7. The Bertz CT molecular complexity index is 861. The molecule has 4 rings (SSSR count). The lowest BCUT2D eigenvalue weighted by Gasteiger charge is -2.32. The van der Waals surface area contributed by atoms with E-state index in [0.29, 0.717) is 19.0 Å². The summed E-state index contributed by atoms with van der Waals surface area (Å²) in [6.45, 7) is 2.99. The Labute approximate surface area is 155 Å². The summed E-state index contributed by atoms with van der Waals surface area (Å²) in [6.07, 6.45) is 6.35. The molecule has 0 aliphatic carbocycles. The van der Waals surface area contributed by atoms with Gasteiger partial charge < -0.3 is 14.8 Å². The van der Waals surface area contributed by atoms with Crippen LogP contribution in [-0.4, -0.2) is 45.6 Å². The van der Waals surface area contributed by atoms with Gasteiger partial charge >= 0.3 is 0 Å². The SMILES string of the molecule is Cc1ccc(O[C@H]2CCOC[C@H]2NC(=O)Cc2cn3ccsc3n2)cn1. The van der Waals surface area contributed by atoms with E-state index in [9.17, 15) is 4.79 Å². The van der Waals surface area contributed by atoms with Crippen LogP contribution in [0.5, 0.6) is 5.75 Å². The van der Waals surface area contributed by atoms with Crippen molar-refractivity contribution >= 4 is 22.2 Å². The van der Waals surface area contributed by atoms with Crippen LogP contribution in [0.15, 0.2) is 36.1 Å². The van der Waals surface area contributed by atoms with Gasteiger partial charge in [0.2, 0.25) is 5.91 Å². The number of nitrogens with zero attached hydrogens (tertiary/aromatic N) is 3. The van der Waals surface area contributed by atoms with Gasteiger partial charge in [-0.2, -0.15) is 0 Å². The number of thiazole rings is 1. The Morgan fingerprint density at radius 2 is 2.42 bits per heavy atom. The number of nitrogens with one attached hydrogen (secondary N) is 1. The van der Waals surface area contributed by atoms with E-state index in [2.05, 4.69) is 15.3 Å². The van der Waals surface area contributed by atoms with Crippen LogP contribution in [0, 0.1) is 6.92 Å². The molecule has 1 N–H and O–H groups in total. The third-order valence-corrected chi connectivity index (χ3v) is 5.07. The zero-order chi connectivity index (χ0) is 17.9. The molecule has 2 atom stereocenters. The van der Waals surface area contributed by atoms with E-state index in [0.717, 1.165) is 22.8 Å². The lowest BCUT2D eigenvalue weighted by atomic mass is 10.1. The number of carbonyl (C=O) groups excluding carboxylic acids is 1. The maximum absolute atomic E-state index is 12.4. The molecule has 0 radical (unpaired) electrons. The van der Waals surface area contributed by atoms with Crippen molar-refractivity contribution in [1.82, 2.24) is 19.7 Å². The van der Waals surface area contributed by atoms with Gasteiger partial charge in [0, 0.05) is 29.9 Å². The van der Waals surface area contributed by atoms with E-state index < -0.39 is 0 Å². The number of pyridine rings is 1. The van der Waals surface area contributed by atoms with Crippen molar-refractivity contribution in [2.24, 2.45) is 0 Å². The minimum absolute atomic E-state index is 0.0816. The molecule has 3 aromatic rings. The standard InChI is InChI=1S/C18H20N4O3S/c1-12-2-3-14(9-19-12)25-16-4-6-24-11-15(16)21-17(23)8-13-10-22-5-7-26-18(22)20-13/h2-3,5,7,9-10,15-16H,4,6,8,11H2,1H3,(H,21,23)/t15-,16+/m1/s1. The molecule has 1 amide bonds. The highest BCUT2D eigenvalue weighted by Crippen LogP contribution is 2.18. The number of carbonyl (C=O) groups is 1. The number of fused-ring (bicyclic) bond motifs is 1. The van der Waals surface area contributed by atoms with Gasteiger partial charge in [0.05, 0.1) is 37.6 Å². The van der Waals surface area contributed by atoms with Crippen molar-refractivity contribution < 1.29 is 14.3 Å². The number of hydrogen-bond donors (Lipinski definition) is 1. The van der Waals surface area contributed by atoms with Crippen LogP contribution in [0.1, 0.15) is 17.8 Å². The second kappa shape index (κ2) is 7.43. The van der Waals surface area contributed by atoms with Gasteiger partial charge in [-0.3, -0.25) is 14.2 Å². The van der Waals surface area contributed by atoms with E-state index in [-0.39, 0.29) is 24.5 Å². The molecule has 0 bridgehead atoms. The number of amides is 1. The van der Waals surface area contributed by atoms with Crippen molar-refractivity contribution in [1.29, 1.82) is 0 Å². The van der Waals surface area contributed by atoms with Crippen molar-refractivity contribution in [2.45, 2.75) is 31.9 Å². The highest BCUT2D eigenvalue weighted by Gasteiger charge is 2.29. The van der Waals surface area contributed by atoms with E-state index in [1.54, 1.807) is 17.5 Å². The van der Waals surface area contributed by atoms with Crippen LogP contribution in [0.4, 0.5) is 0 Å². The topological polar surface area (TPSA) is 77.8 Å². The summed E-state index contributed by atoms with van der Waals surface area (Å²) in [6, 6.07) is 3.61. The monoisotopic (exact) mass is 372 g/mol. The summed E-state index contributed by atoms with van der Waals surface area (Å²) in [7, 11) is 0. The predicted molar refractivity (Wildman–Crippen MR) is 97.5 cm³/mol. The fourth-order valence-corrected chi connectivity index (χ4v) is 3.70. The Hall–Kier alpha value is -2.45. The Morgan fingerprint density at radius 1 is 1.50 bits per heavy atom. The highest BCUT2D eigenvalue weighted by atomic mass is 32.1. The first-order valence-electron chi connectivity index (χ1n) is 8.55. The summed E-state index contributed by atoms with van der Waals surface area (Å²) >= 11 is 1.55.